The number of nitro benzene ring substituents is 1. The smallest absolute Gasteiger partial charge is 0.328 e. The van der Waals surface area contributed by atoms with Crippen molar-refractivity contribution in [1.29, 1.82) is 0 Å². The van der Waals surface area contributed by atoms with E-state index in [1.807, 2.05) is 4.90 Å². The van der Waals surface area contributed by atoms with Crippen LogP contribution in [0.1, 0.15) is 25.7 Å². The molecule has 0 bridgehead atoms. The van der Waals surface area contributed by atoms with Gasteiger partial charge in [-0.05, 0) is 31.1 Å². The van der Waals surface area contributed by atoms with Crippen LogP contribution < -0.4 is 9.64 Å². The molecule has 0 atom stereocenters. The average Bonchev–Trinajstić information content (AvgIpc) is 3.16. The van der Waals surface area contributed by atoms with Crippen LogP contribution in [0.15, 0.2) is 12.1 Å². The Kier molecular flexibility index (Phi) is 3.03. The second-order valence-electron chi connectivity index (χ2n) is 5.76. The normalized spacial score (nSPS) is 20.0. The maximum absolute atomic E-state index is 14.0. The summed E-state index contributed by atoms with van der Waals surface area (Å²) in [7, 11) is 1.43. The van der Waals surface area contributed by atoms with Gasteiger partial charge in [0.05, 0.1) is 12.0 Å². The fourth-order valence-corrected chi connectivity index (χ4v) is 3.10. The summed E-state index contributed by atoms with van der Waals surface area (Å²) in [5.41, 5.74) is 0.215. The molecule has 1 heterocycles. The highest BCUT2D eigenvalue weighted by Crippen LogP contribution is 2.53. The van der Waals surface area contributed by atoms with Crippen molar-refractivity contribution >= 4 is 11.4 Å². The van der Waals surface area contributed by atoms with E-state index in [-0.39, 0.29) is 0 Å². The third kappa shape index (κ3) is 2.19. The standard InChI is InChI=1S/C14H17FN2O3/c1-20-10-7-11(15)13(17(18)19)12(8-10)16-6-2-3-14(9-16)4-5-14/h7-8H,2-6,9H2,1H3. The van der Waals surface area contributed by atoms with Crippen molar-refractivity contribution in [2.24, 2.45) is 5.41 Å². The minimum Gasteiger partial charge on any atom is -0.497 e. The average molecular weight is 280 g/mol. The molecule has 1 aliphatic heterocycles. The van der Waals surface area contributed by atoms with Gasteiger partial charge in [-0.1, -0.05) is 0 Å². The van der Waals surface area contributed by atoms with E-state index in [0.717, 1.165) is 25.6 Å². The number of nitrogens with zero attached hydrogens (tertiary/aromatic N) is 2. The molecular formula is C14H17FN2O3. The predicted octanol–water partition coefficient (Wildman–Crippen LogP) is 3.12. The highest BCUT2D eigenvalue weighted by atomic mass is 19.1. The zero-order valence-electron chi connectivity index (χ0n) is 11.4. The van der Waals surface area contributed by atoms with Crippen LogP contribution in [0.2, 0.25) is 0 Å². The predicted molar refractivity (Wildman–Crippen MR) is 72.7 cm³/mol. The van der Waals surface area contributed by atoms with Gasteiger partial charge in [-0.25, -0.2) is 0 Å². The fraction of sp³-hybridized carbons (Fsp3) is 0.571. The SMILES string of the molecule is COc1cc(F)c([N+](=O)[O-])c(N2CCCC3(CC3)C2)c1. The van der Waals surface area contributed by atoms with Crippen molar-refractivity contribution in [1.82, 2.24) is 0 Å². The molecule has 1 saturated carbocycles. The maximum Gasteiger partial charge on any atom is 0.328 e. The first-order valence-corrected chi connectivity index (χ1v) is 6.82. The summed E-state index contributed by atoms with van der Waals surface area (Å²) in [6.45, 7) is 1.51. The fourth-order valence-electron chi connectivity index (χ4n) is 3.10. The number of hydrogen-bond donors (Lipinski definition) is 0. The van der Waals surface area contributed by atoms with Gasteiger partial charge in [-0.2, -0.15) is 4.39 Å². The number of anilines is 1. The van der Waals surface area contributed by atoms with E-state index >= 15 is 0 Å². The molecule has 108 valence electrons. The molecule has 6 heteroatoms. The van der Waals surface area contributed by atoms with Gasteiger partial charge >= 0.3 is 5.69 Å². The van der Waals surface area contributed by atoms with Gasteiger partial charge < -0.3 is 9.64 Å². The molecular weight excluding hydrogens is 263 g/mol. The minimum atomic E-state index is -0.834. The van der Waals surface area contributed by atoms with Gasteiger partial charge in [-0.15, -0.1) is 0 Å². The lowest BCUT2D eigenvalue weighted by Gasteiger charge is -2.34. The monoisotopic (exact) mass is 280 g/mol. The van der Waals surface area contributed by atoms with Crippen molar-refractivity contribution in [2.75, 3.05) is 25.1 Å². The summed E-state index contributed by atoms with van der Waals surface area (Å²) >= 11 is 0. The molecule has 3 rings (SSSR count). The largest absolute Gasteiger partial charge is 0.497 e. The number of nitro groups is 1. The van der Waals surface area contributed by atoms with Crippen LogP contribution in [0.5, 0.6) is 5.75 Å². The lowest BCUT2D eigenvalue weighted by molar-refractivity contribution is -0.386. The number of benzene rings is 1. The first-order valence-electron chi connectivity index (χ1n) is 6.82. The first-order chi connectivity index (χ1) is 9.54. The molecule has 5 nitrogen and oxygen atoms in total. The van der Waals surface area contributed by atoms with Crippen molar-refractivity contribution in [3.05, 3.63) is 28.1 Å². The zero-order chi connectivity index (χ0) is 14.3. The summed E-state index contributed by atoms with van der Waals surface area (Å²) in [5, 5.41) is 11.2. The van der Waals surface area contributed by atoms with Crippen molar-refractivity contribution < 1.29 is 14.1 Å². The Labute approximate surface area is 116 Å². The zero-order valence-corrected chi connectivity index (χ0v) is 11.4. The molecule has 0 aromatic heterocycles. The summed E-state index contributed by atoms with van der Waals surface area (Å²) in [6, 6.07) is 2.64. The summed E-state index contributed by atoms with van der Waals surface area (Å²) in [6.07, 6.45) is 4.51. The van der Waals surface area contributed by atoms with E-state index < -0.39 is 16.4 Å². The minimum absolute atomic E-state index is 0.311. The first kappa shape index (κ1) is 13.1. The number of rotatable bonds is 3. The van der Waals surface area contributed by atoms with Crippen LogP contribution >= 0.6 is 0 Å². The topological polar surface area (TPSA) is 55.6 Å². The molecule has 1 aliphatic carbocycles. The van der Waals surface area contributed by atoms with E-state index in [9.17, 15) is 14.5 Å². The summed E-state index contributed by atoms with van der Waals surface area (Å²) in [4.78, 5) is 12.5. The second-order valence-corrected chi connectivity index (χ2v) is 5.76. The Morgan fingerprint density at radius 3 is 2.75 bits per heavy atom. The lowest BCUT2D eigenvalue weighted by Crippen LogP contribution is -2.36. The van der Waals surface area contributed by atoms with Crippen LogP contribution in [-0.2, 0) is 0 Å². The van der Waals surface area contributed by atoms with Gasteiger partial charge in [0.1, 0.15) is 11.4 Å². The van der Waals surface area contributed by atoms with Gasteiger partial charge in [-0.3, -0.25) is 10.1 Å². The van der Waals surface area contributed by atoms with Crippen molar-refractivity contribution in [3.8, 4) is 5.75 Å². The van der Waals surface area contributed by atoms with Crippen LogP contribution in [0.3, 0.4) is 0 Å². The van der Waals surface area contributed by atoms with Crippen LogP contribution in [0.4, 0.5) is 15.8 Å². The molecule has 1 spiro atoms. The Hall–Kier alpha value is -1.85. The molecule has 0 N–H and O–H groups in total. The molecule has 0 amide bonds. The Morgan fingerprint density at radius 2 is 2.15 bits per heavy atom. The van der Waals surface area contributed by atoms with Gasteiger partial charge in [0, 0.05) is 25.2 Å². The van der Waals surface area contributed by atoms with E-state index in [4.69, 9.17) is 4.74 Å². The number of piperidine rings is 1. The van der Waals surface area contributed by atoms with E-state index in [1.54, 1.807) is 6.07 Å². The van der Waals surface area contributed by atoms with Gasteiger partial charge in [0.15, 0.2) is 0 Å². The number of methoxy groups -OCH3 is 1. The summed E-state index contributed by atoms with van der Waals surface area (Å²) in [5.74, 6) is -0.515. The summed E-state index contributed by atoms with van der Waals surface area (Å²) < 4.78 is 19.0. The molecule has 2 aliphatic rings. The molecule has 2 fully saturated rings. The maximum atomic E-state index is 14.0. The van der Waals surface area contributed by atoms with Crippen molar-refractivity contribution in [3.63, 3.8) is 0 Å². The third-order valence-electron chi connectivity index (χ3n) is 4.39. The highest BCUT2D eigenvalue weighted by Gasteiger charge is 2.46. The molecule has 0 unspecified atom stereocenters. The van der Waals surface area contributed by atoms with Crippen LogP contribution in [0, 0.1) is 21.3 Å². The van der Waals surface area contributed by atoms with Gasteiger partial charge in [0.2, 0.25) is 5.82 Å². The second kappa shape index (κ2) is 4.61. The third-order valence-corrected chi connectivity index (χ3v) is 4.39. The number of ether oxygens (including phenoxy) is 1. The Bertz CT molecular complexity index is 558. The van der Waals surface area contributed by atoms with E-state index in [0.29, 0.717) is 16.9 Å². The Morgan fingerprint density at radius 1 is 1.40 bits per heavy atom. The molecule has 20 heavy (non-hydrogen) atoms. The van der Waals surface area contributed by atoms with E-state index in [1.165, 1.54) is 26.4 Å². The van der Waals surface area contributed by atoms with Gasteiger partial charge in [0.25, 0.3) is 0 Å². The molecule has 1 saturated heterocycles. The molecule has 1 aromatic rings. The van der Waals surface area contributed by atoms with Crippen LogP contribution in [0.25, 0.3) is 0 Å². The molecule has 0 radical (unpaired) electrons. The number of halogens is 1. The number of hydrogen-bond acceptors (Lipinski definition) is 4. The molecule has 1 aromatic carbocycles. The highest BCUT2D eigenvalue weighted by molar-refractivity contribution is 5.67. The van der Waals surface area contributed by atoms with Crippen molar-refractivity contribution in [2.45, 2.75) is 25.7 Å². The lowest BCUT2D eigenvalue weighted by atomic mass is 9.94. The van der Waals surface area contributed by atoms with Crippen LogP contribution in [-0.4, -0.2) is 25.1 Å². The van der Waals surface area contributed by atoms with E-state index in [2.05, 4.69) is 0 Å². The Balaban J connectivity index is 2.01. The quantitative estimate of drug-likeness (QED) is 0.630.